The predicted molar refractivity (Wildman–Crippen MR) is 128 cm³/mol. The van der Waals surface area contributed by atoms with Gasteiger partial charge < -0.3 is 0 Å². The van der Waals surface area contributed by atoms with E-state index in [0.29, 0.717) is 11.8 Å². The Morgan fingerprint density at radius 2 is 1.62 bits per heavy atom. The molecule has 4 heteroatoms. The number of rotatable bonds is 5. The van der Waals surface area contributed by atoms with E-state index < -0.39 is 0 Å². The van der Waals surface area contributed by atoms with Gasteiger partial charge in [-0.25, -0.2) is 9.37 Å². The van der Waals surface area contributed by atoms with Crippen LogP contribution in [0, 0.1) is 11.7 Å². The molecule has 2 aromatic heterocycles. The second-order valence-corrected chi connectivity index (χ2v) is 8.84. The van der Waals surface area contributed by atoms with E-state index in [0.717, 1.165) is 65.5 Å². The average molecular weight is 433 g/mol. The van der Waals surface area contributed by atoms with Crippen molar-refractivity contribution in [1.82, 2.24) is 9.97 Å². The summed E-state index contributed by atoms with van der Waals surface area (Å²) < 4.78 is 13.8. The van der Waals surface area contributed by atoms with Gasteiger partial charge in [0.05, 0.1) is 5.52 Å². The van der Waals surface area contributed by atoms with E-state index in [1.807, 2.05) is 26.1 Å². The molecule has 0 bridgehead atoms. The molecule has 0 atom stereocenters. The highest BCUT2D eigenvalue weighted by Crippen LogP contribution is 2.44. The first kappa shape index (κ1) is 22.6. The van der Waals surface area contributed by atoms with Crippen molar-refractivity contribution in [2.24, 2.45) is 5.92 Å². The summed E-state index contributed by atoms with van der Waals surface area (Å²) in [5.41, 5.74) is 4.89. The van der Waals surface area contributed by atoms with Gasteiger partial charge in [0.1, 0.15) is 11.5 Å². The highest BCUT2D eigenvalue weighted by atomic mass is 19.1. The second kappa shape index (κ2) is 9.89. The van der Waals surface area contributed by atoms with Gasteiger partial charge in [-0.05, 0) is 98.2 Å². The molecule has 168 valence electrons. The molecule has 2 heterocycles. The van der Waals surface area contributed by atoms with Gasteiger partial charge >= 0.3 is 0 Å². The maximum Gasteiger partial charge on any atom is 0.184 e. The topological polar surface area (TPSA) is 42.9 Å². The maximum atomic E-state index is 13.8. The van der Waals surface area contributed by atoms with Crippen LogP contribution in [0.5, 0.6) is 0 Å². The minimum atomic E-state index is -0.227. The molecule has 2 saturated carbocycles. The number of hydrogen-bond acceptors (Lipinski definition) is 3. The minimum absolute atomic E-state index is 0.0446. The Morgan fingerprint density at radius 1 is 0.938 bits per heavy atom. The fourth-order valence-electron chi connectivity index (χ4n) is 4.98. The number of carbonyl (C=O) groups excluding carboxylic acids is 1. The summed E-state index contributed by atoms with van der Waals surface area (Å²) in [7, 11) is 0. The Labute approximate surface area is 190 Å². The van der Waals surface area contributed by atoms with Gasteiger partial charge in [-0.3, -0.25) is 9.78 Å². The summed E-state index contributed by atoms with van der Waals surface area (Å²) in [6.45, 7) is 6.08. The van der Waals surface area contributed by atoms with Crippen LogP contribution in [0.1, 0.15) is 98.4 Å². The molecule has 0 N–H and O–H groups in total. The highest BCUT2D eigenvalue weighted by molar-refractivity contribution is 5.97. The number of halogens is 1. The van der Waals surface area contributed by atoms with Gasteiger partial charge in [-0.15, -0.1) is 0 Å². The second-order valence-electron chi connectivity index (χ2n) is 8.84. The number of aromatic nitrogens is 2. The van der Waals surface area contributed by atoms with Crippen LogP contribution < -0.4 is 0 Å². The zero-order valence-corrected chi connectivity index (χ0v) is 19.4. The number of Topliss-reactive ketones (excluding diaryl/α,β-unsaturated/α-hetero) is 1. The van der Waals surface area contributed by atoms with Gasteiger partial charge in [0.25, 0.3) is 0 Å². The summed E-state index contributed by atoms with van der Waals surface area (Å²) in [5.74, 6) is 0.922. The summed E-state index contributed by atoms with van der Waals surface area (Å²) >= 11 is 0. The summed E-state index contributed by atoms with van der Waals surface area (Å²) in [6, 6.07) is 11.0. The van der Waals surface area contributed by atoms with Crippen molar-refractivity contribution >= 4 is 16.7 Å². The molecule has 32 heavy (non-hydrogen) atoms. The molecule has 1 aromatic carbocycles. The zero-order chi connectivity index (χ0) is 22.7. The molecular formula is C28H33FN2O. The number of pyridine rings is 2. The third kappa shape index (κ3) is 4.60. The van der Waals surface area contributed by atoms with Crippen molar-refractivity contribution < 1.29 is 9.18 Å². The standard InChI is InChI=1S/C26H27FN2O.C2H6/c1-2-20-10-11-22(17-3-4-17)25(29-20)26(30)18-7-5-16(6-8-18)21-13-14-28-24-12-9-19(27)15-23(21)24;1-2/h9-18H,2-8H2,1H3;1-2H3. The van der Waals surface area contributed by atoms with E-state index in [-0.39, 0.29) is 17.5 Å². The van der Waals surface area contributed by atoms with Crippen LogP contribution in [-0.4, -0.2) is 15.8 Å². The highest BCUT2D eigenvalue weighted by Gasteiger charge is 2.34. The first-order valence-electron chi connectivity index (χ1n) is 12.2. The fourth-order valence-corrected chi connectivity index (χ4v) is 4.98. The quantitative estimate of drug-likeness (QED) is 0.395. The lowest BCUT2D eigenvalue weighted by atomic mass is 9.75. The number of hydrogen-bond donors (Lipinski definition) is 0. The lowest BCUT2D eigenvalue weighted by Gasteiger charge is -2.29. The molecule has 2 aliphatic rings. The van der Waals surface area contributed by atoms with Crippen LogP contribution >= 0.6 is 0 Å². The Morgan fingerprint density at radius 3 is 2.31 bits per heavy atom. The Balaban J connectivity index is 0.00000119. The molecule has 3 nitrogen and oxygen atoms in total. The molecule has 0 saturated heterocycles. The number of aryl methyl sites for hydroxylation is 1. The maximum absolute atomic E-state index is 13.8. The van der Waals surface area contributed by atoms with Gasteiger partial charge in [-0.1, -0.05) is 26.8 Å². The van der Waals surface area contributed by atoms with Crippen LogP contribution in [0.25, 0.3) is 10.9 Å². The SMILES string of the molecule is CC.CCc1ccc(C2CC2)c(C(=O)C2CCC(c3ccnc4ccc(F)cc34)CC2)n1. The number of fused-ring (bicyclic) bond motifs is 1. The molecule has 0 radical (unpaired) electrons. The van der Waals surface area contributed by atoms with E-state index in [4.69, 9.17) is 4.98 Å². The minimum Gasteiger partial charge on any atom is -0.292 e. The number of carbonyl (C=O) groups is 1. The fraction of sp³-hybridized carbons (Fsp3) is 0.464. The lowest BCUT2D eigenvalue weighted by Crippen LogP contribution is -2.23. The molecule has 0 unspecified atom stereocenters. The monoisotopic (exact) mass is 432 g/mol. The first-order chi connectivity index (χ1) is 15.6. The van der Waals surface area contributed by atoms with Crippen LogP contribution in [0.15, 0.2) is 42.6 Å². The number of nitrogens with zero attached hydrogens (tertiary/aromatic N) is 2. The van der Waals surface area contributed by atoms with E-state index in [9.17, 15) is 9.18 Å². The Kier molecular flexibility index (Phi) is 6.98. The van der Waals surface area contributed by atoms with E-state index in [2.05, 4.69) is 24.0 Å². The van der Waals surface area contributed by atoms with Crippen LogP contribution in [0.4, 0.5) is 4.39 Å². The Hall–Kier alpha value is -2.62. The van der Waals surface area contributed by atoms with Crippen molar-refractivity contribution in [2.45, 2.75) is 77.6 Å². The van der Waals surface area contributed by atoms with E-state index in [1.165, 1.54) is 18.9 Å². The van der Waals surface area contributed by atoms with Crippen molar-refractivity contribution in [3.05, 3.63) is 70.9 Å². The molecule has 2 aliphatic carbocycles. The molecule has 5 rings (SSSR count). The zero-order valence-electron chi connectivity index (χ0n) is 19.4. The van der Waals surface area contributed by atoms with Gasteiger partial charge in [0.2, 0.25) is 0 Å². The normalized spacial score (nSPS) is 20.5. The molecule has 0 aliphatic heterocycles. The van der Waals surface area contributed by atoms with Gasteiger partial charge in [-0.2, -0.15) is 0 Å². The third-order valence-electron chi connectivity index (χ3n) is 6.87. The Bertz CT molecular complexity index is 1100. The summed E-state index contributed by atoms with van der Waals surface area (Å²) in [4.78, 5) is 22.5. The van der Waals surface area contributed by atoms with Crippen molar-refractivity contribution in [3.8, 4) is 0 Å². The van der Waals surface area contributed by atoms with Crippen molar-refractivity contribution in [2.75, 3.05) is 0 Å². The molecule has 2 fully saturated rings. The van der Waals surface area contributed by atoms with E-state index >= 15 is 0 Å². The smallest absolute Gasteiger partial charge is 0.184 e. The molecular weight excluding hydrogens is 399 g/mol. The van der Waals surface area contributed by atoms with E-state index in [1.54, 1.807) is 12.1 Å². The molecule has 0 amide bonds. The summed E-state index contributed by atoms with van der Waals surface area (Å²) in [6.07, 6.45) is 8.63. The van der Waals surface area contributed by atoms with Gasteiger partial charge in [0.15, 0.2) is 5.78 Å². The average Bonchev–Trinajstić information content (AvgIpc) is 3.69. The van der Waals surface area contributed by atoms with Gasteiger partial charge in [0, 0.05) is 23.2 Å². The summed E-state index contributed by atoms with van der Waals surface area (Å²) in [5, 5.41) is 0.903. The van der Waals surface area contributed by atoms with Crippen LogP contribution in [-0.2, 0) is 6.42 Å². The number of benzene rings is 1. The molecule has 0 spiro atoms. The largest absolute Gasteiger partial charge is 0.292 e. The van der Waals surface area contributed by atoms with Crippen LogP contribution in [0.2, 0.25) is 0 Å². The lowest BCUT2D eigenvalue weighted by molar-refractivity contribution is 0.0877. The predicted octanol–water partition coefficient (Wildman–Crippen LogP) is 7.39. The third-order valence-corrected chi connectivity index (χ3v) is 6.87. The molecule has 3 aromatic rings. The van der Waals surface area contributed by atoms with Crippen molar-refractivity contribution in [1.29, 1.82) is 0 Å². The number of ketones is 1. The van der Waals surface area contributed by atoms with Crippen LogP contribution in [0.3, 0.4) is 0 Å². The first-order valence-corrected chi connectivity index (χ1v) is 12.2. The van der Waals surface area contributed by atoms with Crippen molar-refractivity contribution in [3.63, 3.8) is 0 Å².